The summed E-state index contributed by atoms with van der Waals surface area (Å²) in [5.41, 5.74) is 2.93. The van der Waals surface area contributed by atoms with Crippen LogP contribution in [0.3, 0.4) is 0 Å². The van der Waals surface area contributed by atoms with Crippen molar-refractivity contribution < 1.29 is 57.3 Å². The maximum absolute atomic E-state index is 15.1. The summed E-state index contributed by atoms with van der Waals surface area (Å²) in [5, 5.41) is 8.80. The van der Waals surface area contributed by atoms with E-state index in [1.165, 1.54) is 42.0 Å². The van der Waals surface area contributed by atoms with Crippen molar-refractivity contribution in [2.24, 2.45) is 23.7 Å². The molecule has 82 heavy (non-hydrogen) atoms. The molecular formula is C60H82I2N8O12. The quantitative estimate of drug-likeness (QED) is 0.0608. The second-order valence-electron chi connectivity index (χ2n) is 23.1. The van der Waals surface area contributed by atoms with Crippen molar-refractivity contribution in [2.75, 3.05) is 28.2 Å². The lowest BCUT2D eigenvalue weighted by Crippen LogP contribution is -2.55. The van der Waals surface area contributed by atoms with E-state index in [2.05, 4.69) is 55.4 Å². The molecular weight excluding hydrogens is 1280 g/mol. The van der Waals surface area contributed by atoms with Crippen LogP contribution in [-0.2, 0) is 83.2 Å². The minimum Gasteiger partial charge on any atom is -0.451 e. The van der Waals surface area contributed by atoms with Gasteiger partial charge in [-0.15, -0.1) is 0 Å². The van der Waals surface area contributed by atoms with Gasteiger partial charge in [-0.3, -0.25) is 28.5 Å². The van der Waals surface area contributed by atoms with E-state index in [9.17, 15) is 28.8 Å². The van der Waals surface area contributed by atoms with Crippen LogP contribution in [0.15, 0.2) is 73.3 Å². The fourth-order valence-corrected chi connectivity index (χ4v) is 10.7. The normalized spacial score (nSPS) is 23.0. The Kier molecular flexibility index (Phi) is 24.9. The summed E-state index contributed by atoms with van der Waals surface area (Å²) >= 11 is 4.34. The number of carbonyl (C=O) groups excluding carboxylic acids is 8. The highest BCUT2D eigenvalue weighted by Crippen LogP contribution is 2.25. The summed E-state index contributed by atoms with van der Waals surface area (Å²) in [6, 6.07) is 9.58. The molecule has 20 nitrogen and oxygen atoms in total. The number of hydrogen-bond acceptors (Lipinski definition) is 14. The Morgan fingerprint density at radius 3 is 1.00 bits per heavy atom. The van der Waals surface area contributed by atoms with Gasteiger partial charge in [0.25, 0.3) is 23.6 Å². The fraction of sp³-hybridized carbons (Fsp3) is 0.567. The number of benzene rings is 2. The number of halogens is 2. The van der Waals surface area contributed by atoms with Crippen LogP contribution in [0.4, 0.5) is 0 Å². The second kappa shape index (κ2) is 30.6. The van der Waals surface area contributed by atoms with Gasteiger partial charge in [0.2, 0.25) is 0 Å². The molecule has 1 fully saturated rings. The Morgan fingerprint density at radius 2 is 0.720 bits per heavy atom. The molecule has 1 saturated heterocycles. The Hall–Kier alpha value is -5.92. The monoisotopic (exact) mass is 1360 g/mol. The van der Waals surface area contributed by atoms with Crippen molar-refractivity contribution in [3.05, 3.63) is 103 Å². The summed E-state index contributed by atoms with van der Waals surface area (Å²) in [4.78, 5) is 122. The molecule has 3 heterocycles. The molecule has 8 atom stereocenters. The van der Waals surface area contributed by atoms with Gasteiger partial charge in [-0.05, 0) is 131 Å². The average molecular weight is 1360 g/mol. The molecule has 0 spiro atoms. The van der Waals surface area contributed by atoms with E-state index >= 15 is 9.59 Å². The maximum atomic E-state index is 15.1. The number of aromatic nitrogens is 4. The highest BCUT2D eigenvalue weighted by Gasteiger charge is 2.43. The zero-order valence-electron chi connectivity index (χ0n) is 49.7. The van der Waals surface area contributed by atoms with Gasteiger partial charge in [0.15, 0.2) is 24.4 Å². The third kappa shape index (κ3) is 19.1. The van der Waals surface area contributed by atoms with Crippen LogP contribution < -0.4 is 0 Å². The van der Waals surface area contributed by atoms with E-state index in [-0.39, 0.29) is 62.2 Å². The lowest BCUT2D eigenvalue weighted by Gasteiger charge is -2.35. The molecule has 0 saturated carbocycles. The zero-order valence-corrected chi connectivity index (χ0v) is 54.1. The number of nitrogens with zero attached hydrogens (tertiary/aromatic N) is 8. The standard InChI is InChI=1S/C60H82I2N8O12/c1-35(2)21-47-57(75)79-39(9)53(71)65(11)50(24-38(7)8)60(78)82-52(28-42-18-16-20-44(26-42)32-70-34-46(62)30-64-70)56(74)68(14)48(22-36(3)4)58(76)80-40(10)54(72)66(12)49(23-37(5)6)59(77)81-51(55(73)67(47)13)27-41-17-15-19-43(25-41)31-69-33-45(61)29-63-69/h15-20,25-26,29-30,33-40,47-52H,21-24,27-28,31-32H2,1-14H3/t39-,40-,47+,48+,49+,50+,51-,52-/m1/s1. The number of ether oxygens (including phenoxy) is 4. The Bertz CT molecular complexity index is 2660. The molecule has 22 heteroatoms. The number of esters is 4. The van der Waals surface area contributed by atoms with Crippen molar-refractivity contribution in [1.82, 2.24) is 39.2 Å². The topological polar surface area (TPSA) is 222 Å². The number of likely N-dealkylation sites (N-methyl/N-ethyl adjacent to an activating group) is 4. The molecule has 4 amide bonds. The minimum absolute atomic E-state index is 0.0795. The molecule has 2 aromatic heterocycles. The van der Waals surface area contributed by atoms with Gasteiger partial charge < -0.3 is 38.5 Å². The third-order valence-corrected chi connectivity index (χ3v) is 15.3. The zero-order chi connectivity index (χ0) is 60.9. The van der Waals surface area contributed by atoms with Gasteiger partial charge in [-0.2, -0.15) is 10.2 Å². The SMILES string of the molecule is CC(C)C[C@H]1C(=O)O[C@H](Cc2cccc(Cn3cc(I)cn3)c2)C(=O)N(C)[C@@H](CC(C)C)C(=O)O[C@H](C)C(=O)N(C)[C@@H](CC(C)C)C(=O)O[C@H](Cc2cccc(Cn3cc(I)cn3)c2)C(=O)N(C)[C@@H](CC(C)C)C(=O)O[C@H](C)C(=O)N1C. The maximum Gasteiger partial charge on any atom is 0.329 e. The molecule has 4 aromatic rings. The predicted molar refractivity (Wildman–Crippen MR) is 323 cm³/mol. The van der Waals surface area contributed by atoms with E-state index in [1.54, 1.807) is 33.9 Å². The van der Waals surface area contributed by atoms with E-state index in [1.807, 2.05) is 104 Å². The van der Waals surface area contributed by atoms with Crippen molar-refractivity contribution >= 4 is 92.7 Å². The first-order chi connectivity index (χ1) is 38.5. The van der Waals surface area contributed by atoms with Crippen molar-refractivity contribution in [1.29, 1.82) is 0 Å². The van der Waals surface area contributed by atoms with Gasteiger partial charge in [0.1, 0.15) is 24.2 Å². The van der Waals surface area contributed by atoms with Gasteiger partial charge in [-0.1, -0.05) is 104 Å². The summed E-state index contributed by atoms with van der Waals surface area (Å²) in [6.45, 7) is 18.4. The molecule has 2 aromatic carbocycles. The molecule has 5 rings (SSSR count). The van der Waals surface area contributed by atoms with Crippen LogP contribution in [0.25, 0.3) is 0 Å². The smallest absolute Gasteiger partial charge is 0.329 e. The second-order valence-corrected chi connectivity index (χ2v) is 25.6. The Balaban J connectivity index is 1.61. The van der Waals surface area contributed by atoms with E-state index in [0.29, 0.717) is 24.2 Å². The van der Waals surface area contributed by atoms with Crippen LogP contribution >= 0.6 is 45.2 Å². The molecule has 0 bridgehead atoms. The first-order valence-corrected chi connectivity index (χ1v) is 30.1. The van der Waals surface area contributed by atoms with Gasteiger partial charge in [-0.25, -0.2) is 19.2 Å². The molecule has 0 N–H and O–H groups in total. The van der Waals surface area contributed by atoms with Crippen molar-refractivity contribution in [3.63, 3.8) is 0 Å². The van der Waals surface area contributed by atoms with E-state index in [0.717, 1.165) is 37.9 Å². The van der Waals surface area contributed by atoms with Gasteiger partial charge >= 0.3 is 23.9 Å². The summed E-state index contributed by atoms with van der Waals surface area (Å²) in [7, 11) is 5.58. The lowest BCUT2D eigenvalue weighted by molar-refractivity contribution is -0.176. The van der Waals surface area contributed by atoms with E-state index in [4.69, 9.17) is 18.9 Å². The number of hydrogen-bond donors (Lipinski definition) is 0. The molecule has 0 radical (unpaired) electrons. The van der Waals surface area contributed by atoms with Crippen LogP contribution in [0.1, 0.15) is 117 Å². The van der Waals surface area contributed by atoms with Gasteiger partial charge in [0.05, 0.1) is 32.6 Å². The van der Waals surface area contributed by atoms with Crippen molar-refractivity contribution in [2.45, 2.75) is 169 Å². The van der Waals surface area contributed by atoms with E-state index < -0.39 is 96.1 Å². The molecule has 0 aliphatic carbocycles. The third-order valence-electron chi connectivity index (χ3n) is 14.2. The van der Waals surface area contributed by atoms with Gasteiger partial charge in [0, 0.05) is 53.4 Å². The van der Waals surface area contributed by atoms with Crippen LogP contribution in [0.5, 0.6) is 0 Å². The average Bonchev–Trinajstić information content (AvgIpc) is 4.13. The summed E-state index contributed by atoms with van der Waals surface area (Å²) in [5.74, 6) is -7.46. The molecule has 1 aliphatic heterocycles. The van der Waals surface area contributed by atoms with Crippen LogP contribution in [-0.4, -0.2) is 163 Å². The highest BCUT2D eigenvalue weighted by molar-refractivity contribution is 14.1. The largest absolute Gasteiger partial charge is 0.451 e. The van der Waals surface area contributed by atoms with Crippen LogP contribution in [0, 0.1) is 30.8 Å². The lowest BCUT2D eigenvalue weighted by atomic mass is 9.99. The number of amides is 4. The van der Waals surface area contributed by atoms with Crippen molar-refractivity contribution in [3.8, 4) is 0 Å². The summed E-state index contributed by atoms with van der Waals surface area (Å²) < 4.78 is 29.8. The predicted octanol–water partition coefficient (Wildman–Crippen LogP) is 7.36. The highest BCUT2D eigenvalue weighted by atomic mass is 127. The number of rotatable bonds is 16. The Labute approximate surface area is 509 Å². The first-order valence-electron chi connectivity index (χ1n) is 27.9. The van der Waals surface area contributed by atoms with Crippen LogP contribution in [0.2, 0.25) is 0 Å². The Morgan fingerprint density at radius 1 is 0.439 bits per heavy atom. The first kappa shape index (κ1) is 66.9. The minimum atomic E-state index is -1.54. The fourth-order valence-electron chi connectivity index (χ4n) is 9.84. The summed E-state index contributed by atoms with van der Waals surface area (Å²) in [6.07, 6.45) is 1.19. The number of carbonyl (C=O) groups is 8. The molecule has 0 unspecified atom stereocenters. The molecule has 448 valence electrons. The number of cyclic esters (lactones) is 4. The molecule has 1 aliphatic rings.